The van der Waals surface area contributed by atoms with Crippen molar-refractivity contribution in [2.75, 3.05) is 11.1 Å². The number of alkyl halides is 3. The number of carbonyl (C=O) groups excluding carboxylic acids is 1. The van der Waals surface area contributed by atoms with E-state index in [1.807, 2.05) is 11.5 Å². The summed E-state index contributed by atoms with van der Waals surface area (Å²) < 4.78 is 42.4. The van der Waals surface area contributed by atoms with Gasteiger partial charge >= 0.3 is 6.18 Å². The molecule has 0 spiro atoms. The summed E-state index contributed by atoms with van der Waals surface area (Å²) in [5, 5.41) is 7.29. The van der Waals surface area contributed by atoms with Gasteiger partial charge in [0.2, 0.25) is 5.91 Å². The molecule has 0 aliphatic rings. The molecule has 0 unspecified atom stereocenters. The first kappa shape index (κ1) is 20.2. The van der Waals surface area contributed by atoms with Crippen molar-refractivity contribution in [3.8, 4) is 0 Å². The minimum absolute atomic E-state index is 0.0815. The number of fused-ring (bicyclic) bond motifs is 1. The Morgan fingerprint density at radius 1 is 1.29 bits per heavy atom. The van der Waals surface area contributed by atoms with Crippen LogP contribution in [0.1, 0.15) is 25.3 Å². The molecule has 3 rings (SSSR count). The molecule has 0 atom stereocenters. The van der Waals surface area contributed by atoms with Crippen LogP contribution in [-0.2, 0) is 24.6 Å². The van der Waals surface area contributed by atoms with Crippen LogP contribution >= 0.6 is 11.8 Å². The first-order valence-corrected chi connectivity index (χ1v) is 9.76. The van der Waals surface area contributed by atoms with E-state index in [-0.39, 0.29) is 17.2 Å². The Kier molecular flexibility index (Phi) is 5.97. The maximum Gasteiger partial charge on any atom is 0.416 e. The van der Waals surface area contributed by atoms with Gasteiger partial charge < -0.3 is 9.88 Å². The highest BCUT2D eigenvalue weighted by molar-refractivity contribution is 7.99. The average molecular weight is 411 g/mol. The number of unbranched alkanes of at least 4 members (excludes halogenated alkanes) is 1. The van der Waals surface area contributed by atoms with Gasteiger partial charge in [-0.05, 0) is 24.6 Å². The van der Waals surface area contributed by atoms with E-state index in [4.69, 9.17) is 0 Å². The van der Waals surface area contributed by atoms with E-state index in [0.29, 0.717) is 23.0 Å². The minimum atomic E-state index is -4.42. The number of nitrogens with zero attached hydrogens (tertiary/aromatic N) is 4. The molecule has 1 aromatic carbocycles. The Bertz CT molecular complexity index is 979. The third kappa shape index (κ3) is 4.67. The van der Waals surface area contributed by atoms with Gasteiger partial charge in [-0.2, -0.15) is 18.3 Å². The Morgan fingerprint density at radius 2 is 2.07 bits per heavy atom. The Hall–Kier alpha value is -2.49. The van der Waals surface area contributed by atoms with Gasteiger partial charge in [-0.25, -0.2) is 4.98 Å². The third-order valence-electron chi connectivity index (χ3n) is 4.09. The highest BCUT2D eigenvalue weighted by Crippen LogP contribution is 2.33. The predicted molar refractivity (Wildman–Crippen MR) is 102 cm³/mol. The van der Waals surface area contributed by atoms with Crippen molar-refractivity contribution in [2.24, 2.45) is 7.05 Å². The summed E-state index contributed by atoms with van der Waals surface area (Å²) in [6.07, 6.45) is -0.910. The number of hydrogen-bond acceptors (Lipinski definition) is 4. The van der Waals surface area contributed by atoms with Crippen LogP contribution in [0.2, 0.25) is 0 Å². The van der Waals surface area contributed by atoms with Crippen molar-refractivity contribution < 1.29 is 18.0 Å². The number of aromatic nitrogens is 4. The molecule has 0 fully saturated rings. The standard InChI is InChI=1S/C18H20F3N5OS/c1-3-4-8-26-14-6-5-12(18(19,20)21)10-13(14)22-17(26)28-11-16(27)23-15-7-9-25(2)24-15/h5-7,9-10H,3-4,8,11H2,1-2H3,(H,23,24,27). The first-order chi connectivity index (χ1) is 13.3. The number of carbonyl (C=O) groups is 1. The number of nitrogens with one attached hydrogen (secondary N) is 1. The average Bonchev–Trinajstić information content (AvgIpc) is 3.19. The zero-order chi connectivity index (χ0) is 20.3. The van der Waals surface area contributed by atoms with Crippen LogP contribution in [0.3, 0.4) is 0 Å². The molecule has 1 amide bonds. The van der Waals surface area contributed by atoms with E-state index in [0.717, 1.165) is 25.0 Å². The lowest BCUT2D eigenvalue weighted by atomic mass is 10.2. The number of aryl methyl sites for hydroxylation is 2. The molecule has 2 aromatic heterocycles. The highest BCUT2D eigenvalue weighted by atomic mass is 32.2. The number of halogens is 3. The number of benzene rings is 1. The van der Waals surface area contributed by atoms with Crippen LogP contribution in [0, 0.1) is 0 Å². The fourth-order valence-electron chi connectivity index (χ4n) is 2.72. The summed E-state index contributed by atoms with van der Waals surface area (Å²) in [6.45, 7) is 2.66. The zero-order valence-electron chi connectivity index (χ0n) is 15.5. The van der Waals surface area contributed by atoms with Crippen LogP contribution in [-0.4, -0.2) is 31.0 Å². The molecule has 0 aliphatic heterocycles. The molecular weight excluding hydrogens is 391 g/mol. The van der Waals surface area contributed by atoms with E-state index in [9.17, 15) is 18.0 Å². The molecule has 0 saturated heterocycles. The first-order valence-electron chi connectivity index (χ1n) is 8.77. The lowest BCUT2D eigenvalue weighted by molar-refractivity contribution is -0.137. The summed E-state index contributed by atoms with van der Waals surface area (Å²) in [5.41, 5.74) is 0.178. The molecule has 0 radical (unpaired) electrons. The number of imidazole rings is 1. The Morgan fingerprint density at radius 3 is 2.71 bits per heavy atom. The Labute approximate surface area is 164 Å². The van der Waals surface area contributed by atoms with Crippen LogP contribution in [0.15, 0.2) is 35.6 Å². The molecule has 3 aromatic rings. The second-order valence-corrected chi connectivity index (χ2v) is 7.25. The van der Waals surface area contributed by atoms with Crippen LogP contribution in [0.25, 0.3) is 11.0 Å². The van der Waals surface area contributed by atoms with Gasteiger partial charge in [0.15, 0.2) is 11.0 Å². The van der Waals surface area contributed by atoms with Gasteiger partial charge in [0.25, 0.3) is 0 Å². The smallest absolute Gasteiger partial charge is 0.319 e. The molecule has 0 saturated carbocycles. The quantitative estimate of drug-likeness (QED) is 0.588. The summed E-state index contributed by atoms with van der Waals surface area (Å²) >= 11 is 1.19. The summed E-state index contributed by atoms with van der Waals surface area (Å²) in [5.74, 6) is 0.272. The molecule has 0 bridgehead atoms. The number of hydrogen-bond donors (Lipinski definition) is 1. The second-order valence-electron chi connectivity index (χ2n) is 6.31. The molecular formula is C18H20F3N5OS. The maximum atomic E-state index is 13.0. The molecule has 10 heteroatoms. The van der Waals surface area contributed by atoms with Crippen molar-refractivity contribution in [1.29, 1.82) is 0 Å². The van der Waals surface area contributed by atoms with Gasteiger partial charge in [-0.1, -0.05) is 25.1 Å². The van der Waals surface area contributed by atoms with Crippen LogP contribution < -0.4 is 5.32 Å². The van der Waals surface area contributed by atoms with Gasteiger partial charge in [-0.3, -0.25) is 9.48 Å². The summed E-state index contributed by atoms with van der Waals surface area (Å²) in [4.78, 5) is 16.5. The topological polar surface area (TPSA) is 64.7 Å². The van der Waals surface area contributed by atoms with Crippen molar-refractivity contribution >= 4 is 34.5 Å². The summed E-state index contributed by atoms with van der Waals surface area (Å²) in [6, 6.07) is 5.24. The second kappa shape index (κ2) is 8.26. The van der Waals surface area contributed by atoms with Gasteiger partial charge in [0.1, 0.15) is 0 Å². The fraction of sp³-hybridized carbons (Fsp3) is 0.389. The van der Waals surface area contributed by atoms with E-state index >= 15 is 0 Å². The number of amides is 1. The highest BCUT2D eigenvalue weighted by Gasteiger charge is 2.31. The normalized spacial score (nSPS) is 11.9. The molecule has 150 valence electrons. The lowest BCUT2D eigenvalue weighted by Crippen LogP contribution is -2.15. The molecule has 6 nitrogen and oxygen atoms in total. The molecule has 28 heavy (non-hydrogen) atoms. The van der Waals surface area contributed by atoms with Crippen molar-refractivity contribution in [1.82, 2.24) is 19.3 Å². The maximum absolute atomic E-state index is 13.0. The van der Waals surface area contributed by atoms with E-state index in [2.05, 4.69) is 15.4 Å². The third-order valence-corrected chi connectivity index (χ3v) is 5.07. The Balaban J connectivity index is 1.80. The van der Waals surface area contributed by atoms with E-state index in [1.54, 1.807) is 24.0 Å². The van der Waals surface area contributed by atoms with E-state index < -0.39 is 11.7 Å². The summed E-state index contributed by atoms with van der Waals surface area (Å²) in [7, 11) is 1.75. The van der Waals surface area contributed by atoms with Gasteiger partial charge in [0, 0.05) is 25.9 Å². The zero-order valence-corrected chi connectivity index (χ0v) is 16.3. The van der Waals surface area contributed by atoms with Crippen LogP contribution in [0.5, 0.6) is 0 Å². The van der Waals surface area contributed by atoms with E-state index in [1.165, 1.54) is 17.8 Å². The SMILES string of the molecule is CCCCn1c(SCC(=O)Nc2ccn(C)n2)nc2cc(C(F)(F)F)ccc21. The number of anilines is 1. The van der Waals surface area contributed by atoms with Crippen molar-refractivity contribution in [2.45, 2.75) is 37.6 Å². The number of rotatable bonds is 7. The van der Waals surface area contributed by atoms with Gasteiger partial charge in [0.05, 0.1) is 22.3 Å². The predicted octanol–water partition coefficient (Wildman–Crippen LogP) is 4.32. The monoisotopic (exact) mass is 411 g/mol. The van der Waals surface area contributed by atoms with Crippen molar-refractivity contribution in [3.63, 3.8) is 0 Å². The minimum Gasteiger partial charge on any atom is -0.319 e. The fourth-order valence-corrected chi connectivity index (χ4v) is 3.56. The largest absolute Gasteiger partial charge is 0.416 e. The van der Waals surface area contributed by atoms with Crippen molar-refractivity contribution in [3.05, 3.63) is 36.0 Å². The lowest BCUT2D eigenvalue weighted by Gasteiger charge is -2.09. The molecule has 0 aliphatic carbocycles. The van der Waals surface area contributed by atoms with Crippen LogP contribution in [0.4, 0.5) is 19.0 Å². The number of thioether (sulfide) groups is 1. The van der Waals surface area contributed by atoms with Gasteiger partial charge in [-0.15, -0.1) is 0 Å². The molecule has 1 N–H and O–H groups in total. The molecule has 2 heterocycles.